The molecule has 0 saturated heterocycles. The lowest BCUT2D eigenvalue weighted by molar-refractivity contribution is 0.1000. The molecule has 0 bridgehead atoms. The summed E-state index contributed by atoms with van der Waals surface area (Å²) in [6.07, 6.45) is 8.07. The van der Waals surface area contributed by atoms with Crippen molar-refractivity contribution in [3.63, 3.8) is 0 Å². The van der Waals surface area contributed by atoms with Crippen LogP contribution in [0.15, 0.2) is 12.1 Å². The van der Waals surface area contributed by atoms with Gasteiger partial charge in [-0.2, -0.15) is 0 Å². The van der Waals surface area contributed by atoms with Gasteiger partial charge in [0.2, 0.25) is 0 Å². The van der Waals surface area contributed by atoms with Crippen molar-refractivity contribution >= 4 is 6.03 Å². The molecule has 1 aromatic rings. The van der Waals surface area contributed by atoms with Crippen molar-refractivity contribution in [3.05, 3.63) is 23.3 Å². The second kappa shape index (κ2) is 9.31. The molecule has 1 fully saturated rings. The van der Waals surface area contributed by atoms with Crippen molar-refractivity contribution < 1.29 is 19.4 Å². The van der Waals surface area contributed by atoms with E-state index in [9.17, 15) is 9.90 Å². The van der Waals surface area contributed by atoms with Gasteiger partial charge in [0.15, 0.2) is 0 Å². The molecule has 27 heavy (non-hydrogen) atoms. The van der Waals surface area contributed by atoms with Crippen LogP contribution in [0.3, 0.4) is 0 Å². The van der Waals surface area contributed by atoms with Crippen LogP contribution in [0.4, 0.5) is 4.79 Å². The molecule has 2 N–H and O–H groups in total. The maximum Gasteiger partial charge on any atom is 0.317 e. The maximum absolute atomic E-state index is 12.7. The van der Waals surface area contributed by atoms with E-state index in [4.69, 9.17) is 9.47 Å². The Morgan fingerprint density at radius 2 is 1.74 bits per heavy atom. The highest BCUT2D eigenvalue weighted by Gasteiger charge is 2.32. The van der Waals surface area contributed by atoms with E-state index in [1.54, 1.807) is 25.2 Å². The molecule has 3 rings (SSSR count). The van der Waals surface area contributed by atoms with Crippen LogP contribution in [0, 0.1) is 5.92 Å². The molecule has 0 radical (unpaired) electrons. The minimum absolute atomic E-state index is 0.119. The van der Waals surface area contributed by atoms with Crippen molar-refractivity contribution in [2.24, 2.45) is 5.92 Å². The Labute approximate surface area is 161 Å². The zero-order valence-corrected chi connectivity index (χ0v) is 16.5. The first kappa shape index (κ1) is 19.8. The van der Waals surface area contributed by atoms with Crippen LogP contribution >= 0.6 is 0 Å². The molecule has 1 aromatic carbocycles. The number of ether oxygens (including phenoxy) is 2. The lowest BCUT2D eigenvalue weighted by atomic mass is 9.91. The zero-order chi connectivity index (χ0) is 19.2. The molecule has 2 aliphatic rings. The largest absolute Gasteiger partial charge is 0.496 e. The minimum Gasteiger partial charge on any atom is -0.496 e. The second-order valence-corrected chi connectivity index (χ2v) is 7.66. The van der Waals surface area contributed by atoms with E-state index in [0.717, 1.165) is 11.1 Å². The second-order valence-electron chi connectivity index (χ2n) is 7.66. The van der Waals surface area contributed by atoms with Crippen molar-refractivity contribution in [2.45, 2.75) is 57.6 Å². The third kappa shape index (κ3) is 4.67. The number of nitrogens with one attached hydrogen (secondary N) is 1. The highest BCUT2D eigenvalue weighted by Crippen LogP contribution is 2.39. The number of hydrogen-bond acceptors (Lipinski definition) is 4. The highest BCUT2D eigenvalue weighted by molar-refractivity contribution is 5.75. The molecular formula is C21H32N2O4. The third-order valence-electron chi connectivity index (χ3n) is 5.84. The number of rotatable bonds is 4. The van der Waals surface area contributed by atoms with Gasteiger partial charge in [-0.25, -0.2) is 4.79 Å². The van der Waals surface area contributed by atoms with E-state index >= 15 is 0 Å². The summed E-state index contributed by atoms with van der Waals surface area (Å²) in [7, 11) is 3.19. The lowest BCUT2D eigenvalue weighted by Crippen LogP contribution is -2.45. The number of fused-ring (bicyclic) bond motifs is 1. The molecule has 2 amide bonds. The molecule has 1 saturated carbocycles. The Kier molecular flexibility index (Phi) is 6.83. The number of benzene rings is 1. The topological polar surface area (TPSA) is 71.0 Å². The highest BCUT2D eigenvalue weighted by atomic mass is 16.5. The first-order valence-corrected chi connectivity index (χ1v) is 10.1. The van der Waals surface area contributed by atoms with Crippen molar-refractivity contribution in [3.8, 4) is 11.5 Å². The van der Waals surface area contributed by atoms with Gasteiger partial charge in [0.1, 0.15) is 17.6 Å². The quantitative estimate of drug-likeness (QED) is 0.842. The summed E-state index contributed by atoms with van der Waals surface area (Å²) in [4.78, 5) is 14.4. The molecule has 0 aromatic heterocycles. The number of carbonyl (C=O) groups is 1. The number of amides is 2. The van der Waals surface area contributed by atoms with Gasteiger partial charge in [-0.3, -0.25) is 0 Å². The van der Waals surface area contributed by atoms with Crippen LogP contribution in [0.1, 0.15) is 62.2 Å². The Hall–Kier alpha value is -1.95. The van der Waals surface area contributed by atoms with E-state index < -0.39 is 6.10 Å². The van der Waals surface area contributed by atoms with Gasteiger partial charge in [-0.05, 0) is 30.9 Å². The summed E-state index contributed by atoms with van der Waals surface area (Å²) in [5.74, 6) is 1.86. The normalized spacial score (nSPS) is 21.0. The number of methoxy groups -OCH3 is 2. The fourth-order valence-electron chi connectivity index (χ4n) is 4.32. The van der Waals surface area contributed by atoms with Gasteiger partial charge in [0.05, 0.1) is 27.3 Å². The Morgan fingerprint density at radius 1 is 1.11 bits per heavy atom. The maximum atomic E-state index is 12.7. The average molecular weight is 376 g/mol. The van der Waals surface area contributed by atoms with Crippen LogP contribution in [0.25, 0.3) is 0 Å². The van der Waals surface area contributed by atoms with E-state index in [1.165, 1.54) is 44.9 Å². The summed E-state index contributed by atoms with van der Waals surface area (Å²) in [5, 5.41) is 13.7. The third-order valence-corrected chi connectivity index (χ3v) is 5.84. The van der Waals surface area contributed by atoms with Gasteiger partial charge in [-0.1, -0.05) is 32.1 Å². The number of β-amino-alcohol motifs (C(OH)–C–C–N with tert-alkyl or cyclic N) is 1. The van der Waals surface area contributed by atoms with E-state index in [0.29, 0.717) is 30.5 Å². The van der Waals surface area contributed by atoms with Crippen molar-refractivity contribution in [1.82, 2.24) is 10.2 Å². The number of carbonyl (C=O) groups excluding carboxylic acids is 1. The van der Waals surface area contributed by atoms with Crippen LogP contribution < -0.4 is 14.8 Å². The smallest absolute Gasteiger partial charge is 0.317 e. The SMILES string of the molecule is COc1ccc(OC)c2c1CN(C(=O)NCC1CCCCCCC1)CC2O. The van der Waals surface area contributed by atoms with Gasteiger partial charge in [0.25, 0.3) is 0 Å². The van der Waals surface area contributed by atoms with E-state index in [1.807, 2.05) is 6.07 Å². The monoisotopic (exact) mass is 376 g/mol. The fourth-order valence-corrected chi connectivity index (χ4v) is 4.32. The number of nitrogens with zero attached hydrogens (tertiary/aromatic N) is 1. The standard InChI is InChI=1S/C21H32N2O4/c1-26-18-10-11-19(27-2)20-16(18)13-23(14-17(20)24)21(25)22-12-15-8-6-4-3-5-7-9-15/h10-11,15,17,24H,3-9,12-14H2,1-2H3,(H,22,25). The summed E-state index contributed by atoms with van der Waals surface area (Å²) in [5.41, 5.74) is 1.54. The molecule has 6 nitrogen and oxygen atoms in total. The molecule has 150 valence electrons. The number of hydrogen-bond donors (Lipinski definition) is 2. The van der Waals surface area contributed by atoms with Crippen LogP contribution in [-0.2, 0) is 6.54 Å². The molecule has 1 aliphatic carbocycles. The molecule has 1 heterocycles. The number of aliphatic hydroxyl groups excluding tert-OH is 1. The Morgan fingerprint density at radius 3 is 2.41 bits per heavy atom. The Balaban J connectivity index is 1.65. The first-order valence-electron chi connectivity index (χ1n) is 10.1. The average Bonchev–Trinajstić information content (AvgIpc) is 2.65. The van der Waals surface area contributed by atoms with Crippen LogP contribution in [0.5, 0.6) is 11.5 Å². The van der Waals surface area contributed by atoms with Crippen molar-refractivity contribution in [1.29, 1.82) is 0 Å². The van der Waals surface area contributed by atoms with Crippen LogP contribution in [-0.4, -0.2) is 43.3 Å². The van der Waals surface area contributed by atoms with E-state index in [2.05, 4.69) is 5.32 Å². The molecule has 1 unspecified atom stereocenters. The predicted octanol–water partition coefficient (Wildman–Crippen LogP) is 3.62. The number of aliphatic hydroxyl groups is 1. The fraction of sp³-hybridized carbons (Fsp3) is 0.667. The summed E-state index contributed by atoms with van der Waals surface area (Å²) >= 11 is 0. The summed E-state index contributed by atoms with van der Waals surface area (Å²) in [6.45, 7) is 1.38. The number of urea groups is 1. The molecule has 1 aliphatic heterocycles. The first-order chi connectivity index (χ1) is 13.1. The van der Waals surface area contributed by atoms with E-state index in [-0.39, 0.29) is 12.6 Å². The molecular weight excluding hydrogens is 344 g/mol. The Bertz CT molecular complexity index is 641. The summed E-state index contributed by atoms with van der Waals surface area (Å²) < 4.78 is 10.8. The summed E-state index contributed by atoms with van der Waals surface area (Å²) in [6, 6.07) is 3.50. The van der Waals surface area contributed by atoms with Crippen LogP contribution in [0.2, 0.25) is 0 Å². The van der Waals surface area contributed by atoms with Gasteiger partial charge >= 0.3 is 6.03 Å². The molecule has 1 atom stereocenters. The zero-order valence-electron chi connectivity index (χ0n) is 16.5. The van der Waals surface area contributed by atoms with Gasteiger partial charge in [-0.15, -0.1) is 0 Å². The molecule has 6 heteroatoms. The van der Waals surface area contributed by atoms with Gasteiger partial charge in [0, 0.05) is 17.7 Å². The molecule has 0 spiro atoms. The van der Waals surface area contributed by atoms with Gasteiger partial charge < -0.3 is 24.8 Å². The van der Waals surface area contributed by atoms with Crippen molar-refractivity contribution in [2.75, 3.05) is 27.3 Å². The minimum atomic E-state index is -0.786. The predicted molar refractivity (Wildman–Crippen MR) is 104 cm³/mol. The lowest BCUT2D eigenvalue weighted by Gasteiger charge is -2.34.